The normalized spacial score (nSPS) is 21.3. The number of halogens is 1. The molecule has 2 aliphatic heterocycles. The van der Waals surface area contributed by atoms with Crippen LogP contribution in [-0.2, 0) is 16.0 Å². The fourth-order valence-corrected chi connectivity index (χ4v) is 3.55. The number of nitrogens with zero attached hydrogens (tertiary/aromatic N) is 3. The molecule has 1 aromatic rings. The Bertz CT molecular complexity index is 689. The average molecular weight is 345 g/mol. The molecule has 0 N–H and O–H groups in total. The summed E-state index contributed by atoms with van der Waals surface area (Å²) in [5.74, 6) is 0.120. The number of piperidine rings is 1. The number of hydrogen-bond donors (Lipinski definition) is 0. The average Bonchev–Trinajstić information content (AvgIpc) is 2.62. The molecule has 0 unspecified atom stereocenters. The van der Waals surface area contributed by atoms with Crippen LogP contribution in [-0.4, -0.2) is 47.6 Å². The molecule has 0 saturated carbocycles. The molecule has 2 amide bonds. The second kappa shape index (κ2) is 7.76. The second-order valence-electron chi connectivity index (χ2n) is 6.89. The highest BCUT2D eigenvalue weighted by atomic mass is 19.1. The van der Waals surface area contributed by atoms with Gasteiger partial charge in [-0.1, -0.05) is 12.1 Å². The van der Waals surface area contributed by atoms with Gasteiger partial charge in [0.25, 0.3) is 5.91 Å². The number of hydrazone groups is 1. The van der Waals surface area contributed by atoms with E-state index in [1.54, 1.807) is 19.2 Å². The Hall–Kier alpha value is -2.24. The molecule has 134 valence electrons. The largest absolute Gasteiger partial charge is 0.337 e. The molecule has 1 atom stereocenters. The molecule has 0 radical (unpaired) electrons. The summed E-state index contributed by atoms with van der Waals surface area (Å²) in [6.07, 6.45) is 4.59. The molecule has 1 saturated heterocycles. The van der Waals surface area contributed by atoms with Crippen LogP contribution in [0.25, 0.3) is 0 Å². The van der Waals surface area contributed by atoms with Gasteiger partial charge < -0.3 is 4.90 Å². The molecule has 1 fully saturated rings. The minimum Gasteiger partial charge on any atom is -0.337 e. The van der Waals surface area contributed by atoms with Crippen LogP contribution in [0.1, 0.15) is 37.7 Å². The van der Waals surface area contributed by atoms with Crippen LogP contribution in [0.4, 0.5) is 4.39 Å². The highest BCUT2D eigenvalue weighted by Crippen LogP contribution is 2.23. The van der Waals surface area contributed by atoms with Crippen LogP contribution in [0, 0.1) is 11.7 Å². The first-order chi connectivity index (χ1) is 12.0. The van der Waals surface area contributed by atoms with Gasteiger partial charge in [-0.2, -0.15) is 5.10 Å². The Kier molecular flexibility index (Phi) is 5.46. The van der Waals surface area contributed by atoms with Gasteiger partial charge in [0.15, 0.2) is 0 Å². The zero-order valence-electron chi connectivity index (χ0n) is 14.6. The molecular weight excluding hydrogens is 321 g/mol. The first-order valence-electron chi connectivity index (χ1n) is 8.90. The molecule has 5 nitrogen and oxygen atoms in total. The standard InChI is InChI=1S/C19H24FN3O2/c1-22-18(24)10-9-17(21-22)19(25)23-11-3-5-15(13-23)8-7-14-4-2-6-16(20)12-14/h2,4,6,12,15H,3,5,7-11,13H2,1H3/t15-/m1/s1. The second-order valence-corrected chi connectivity index (χ2v) is 6.89. The molecular formula is C19H24FN3O2. The summed E-state index contributed by atoms with van der Waals surface area (Å²) >= 11 is 0. The lowest BCUT2D eigenvalue weighted by molar-refractivity contribution is -0.131. The van der Waals surface area contributed by atoms with E-state index >= 15 is 0 Å². The van der Waals surface area contributed by atoms with Crippen LogP contribution in [0.15, 0.2) is 29.4 Å². The Balaban J connectivity index is 1.56. The van der Waals surface area contributed by atoms with E-state index < -0.39 is 0 Å². The van der Waals surface area contributed by atoms with Crippen molar-refractivity contribution in [3.05, 3.63) is 35.6 Å². The van der Waals surface area contributed by atoms with Gasteiger partial charge in [-0.05, 0) is 49.3 Å². The van der Waals surface area contributed by atoms with Crippen molar-refractivity contribution in [3.63, 3.8) is 0 Å². The molecule has 0 bridgehead atoms. The lowest BCUT2D eigenvalue weighted by Crippen LogP contribution is -2.45. The zero-order valence-corrected chi connectivity index (χ0v) is 14.6. The summed E-state index contributed by atoms with van der Waals surface area (Å²) in [6, 6.07) is 6.71. The van der Waals surface area contributed by atoms with Gasteiger partial charge in [0.05, 0.1) is 0 Å². The Morgan fingerprint density at radius 2 is 2.20 bits per heavy atom. The zero-order chi connectivity index (χ0) is 17.8. The Morgan fingerprint density at radius 1 is 1.36 bits per heavy atom. The molecule has 2 aliphatic rings. The van der Waals surface area contributed by atoms with Gasteiger partial charge in [0.2, 0.25) is 5.91 Å². The molecule has 1 aromatic carbocycles. The van der Waals surface area contributed by atoms with Crippen molar-refractivity contribution in [2.24, 2.45) is 11.0 Å². The number of hydrogen-bond acceptors (Lipinski definition) is 3. The minimum atomic E-state index is -0.202. The van der Waals surface area contributed by atoms with E-state index in [0.717, 1.165) is 37.8 Å². The third-order valence-electron chi connectivity index (χ3n) is 4.99. The quantitative estimate of drug-likeness (QED) is 0.842. The number of amides is 2. The number of rotatable bonds is 4. The summed E-state index contributed by atoms with van der Waals surface area (Å²) in [4.78, 5) is 26.0. The summed E-state index contributed by atoms with van der Waals surface area (Å²) in [5.41, 5.74) is 1.48. The number of benzene rings is 1. The van der Waals surface area contributed by atoms with Crippen LogP contribution >= 0.6 is 0 Å². The molecule has 2 heterocycles. The Labute approximate surface area is 147 Å². The molecule has 0 aromatic heterocycles. The van der Waals surface area contributed by atoms with Gasteiger partial charge in [0.1, 0.15) is 11.5 Å². The molecule has 25 heavy (non-hydrogen) atoms. The maximum atomic E-state index is 13.3. The smallest absolute Gasteiger partial charge is 0.270 e. The fourth-order valence-electron chi connectivity index (χ4n) is 3.55. The number of likely N-dealkylation sites (tertiary alicyclic amines) is 1. The lowest BCUT2D eigenvalue weighted by Gasteiger charge is -2.34. The van der Waals surface area contributed by atoms with E-state index in [-0.39, 0.29) is 17.6 Å². The van der Waals surface area contributed by atoms with E-state index in [0.29, 0.717) is 31.0 Å². The third kappa shape index (κ3) is 4.44. The predicted molar refractivity (Wildman–Crippen MR) is 93.5 cm³/mol. The molecule has 3 rings (SSSR count). The van der Waals surface area contributed by atoms with Crippen molar-refractivity contribution in [3.8, 4) is 0 Å². The van der Waals surface area contributed by atoms with E-state index in [1.165, 1.54) is 11.1 Å². The first-order valence-corrected chi connectivity index (χ1v) is 8.90. The molecule has 0 spiro atoms. The van der Waals surface area contributed by atoms with Gasteiger partial charge in [-0.3, -0.25) is 9.59 Å². The van der Waals surface area contributed by atoms with Crippen molar-refractivity contribution in [1.82, 2.24) is 9.91 Å². The van der Waals surface area contributed by atoms with Crippen molar-refractivity contribution in [2.45, 2.75) is 38.5 Å². The van der Waals surface area contributed by atoms with Gasteiger partial charge in [-0.25, -0.2) is 9.40 Å². The molecule has 0 aliphatic carbocycles. The van der Waals surface area contributed by atoms with E-state index in [1.807, 2.05) is 11.0 Å². The van der Waals surface area contributed by atoms with Gasteiger partial charge in [0, 0.05) is 33.0 Å². The lowest BCUT2D eigenvalue weighted by atomic mass is 9.91. The monoisotopic (exact) mass is 345 g/mol. The van der Waals surface area contributed by atoms with Crippen LogP contribution in [0.2, 0.25) is 0 Å². The minimum absolute atomic E-state index is 0.0465. The fraction of sp³-hybridized carbons (Fsp3) is 0.526. The van der Waals surface area contributed by atoms with Crippen LogP contribution in [0.5, 0.6) is 0 Å². The SMILES string of the molecule is CN1N=C(C(=O)N2CCC[C@H](CCc3cccc(F)c3)C2)CCC1=O. The third-order valence-corrected chi connectivity index (χ3v) is 4.99. The number of carbonyl (C=O) groups excluding carboxylic acids is 2. The summed E-state index contributed by atoms with van der Waals surface area (Å²) in [6.45, 7) is 1.46. The molecule has 6 heteroatoms. The highest BCUT2D eigenvalue weighted by molar-refractivity contribution is 6.39. The van der Waals surface area contributed by atoms with Crippen molar-refractivity contribution >= 4 is 17.5 Å². The Morgan fingerprint density at radius 3 is 2.96 bits per heavy atom. The van der Waals surface area contributed by atoms with E-state index in [4.69, 9.17) is 0 Å². The van der Waals surface area contributed by atoms with Crippen molar-refractivity contribution in [1.29, 1.82) is 0 Å². The summed E-state index contributed by atoms with van der Waals surface area (Å²) < 4.78 is 13.3. The van der Waals surface area contributed by atoms with Crippen LogP contribution < -0.4 is 0 Å². The van der Waals surface area contributed by atoms with E-state index in [2.05, 4.69) is 5.10 Å². The van der Waals surface area contributed by atoms with Crippen LogP contribution in [0.3, 0.4) is 0 Å². The highest BCUT2D eigenvalue weighted by Gasteiger charge is 2.29. The van der Waals surface area contributed by atoms with Crippen molar-refractivity contribution in [2.75, 3.05) is 20.1 Å². The number of carbonyl (C=O) groups is 2. The topological polar surface area (TPSA) is 53.0 Å². The van der Waals surface area contributed by atoms with E-state index in [9.17, 15) is 14.0 Å². The maximum Gasteiger partial charge on any atom is 0.270 e. The number of aryl methyl sites for hydroxylation is 1. The van der Waals surface area contributed by atoms with Gasteiger partial charge in [-0.15, -0.1) is 0 Å². The summed E-state index contributed by atoms with van der Waals surface area (Å²) in [7, 11) is 1.59. The van der Waals surface area contributed by atoms with Crippen molar-refractivity contribution < 1.29 is 14.0 Å². The predicted octanol–water partition coefficient (Wildman–Crippen LogP) is 2.61. The first kappa shape index (κ1) is 17.6. The maximum absolute atomic E-state index is 13.3. The van der Waals surface area contributed by atoms with Gasteiger partial charge >= 0.3 is 0 Å². The summed E-state index contributed by atoms with van der Waals surface area (Å²) in [5, 5.41) is 5.40.